The molecule has 0 aromatic carbocycles. The Kier molecular flexibility index (Phi) is 8.65. The first-order valence-corrected chi connectivity index (χ1v) is 6.12. The van der Waals surface area contributed by atoms with Gasteiger partial charge in [-0.3, -0.25) is 10.1 Å². The molecule has 3 N–H and O–H groups in total. The molecule has 0 rings (SSSR count). The second-order valence-electron chi connectivity index (χ2n) is 3.35. The highest BCUT2D eigenvalue weighted by Crippen LogP contribution is 2.06. The first kappa shape index (κ1) is 15.0. The molecule has 0 saturated heterocycles. The standard InChI is InChI=1S/C10H18N2O3S/c1-3-4-11-10(15)12-9(14)7-16-6-8(2)5-13/h3,8,13H,1,4-7H2,2H3,(H2,11,12,14,15). The van der Waals surface area contributed by atoms with Crippen molar-refractivity contribution in [2.45, 2.75) is 6.92 Å². The Morgan fingerprint density at radius 2 is 2.25 bits per heavy atom. The summed E-state index contributed by atoms with van der Waals surface area (Å²) in [5.41, 5.74) is 0. The third kappa shape index (κ3) is 8.31. The van der Waals surface area contributed by atoms with E-state index in [9.17, 15) is 9.59 Å². The number of aliphatic hydroxyl groups excluding tert-OH is 1. The summed E-state index contributed by atoms with van der Waals surface area (Å²) in [5, 5.41) is 13.4. The van der Waals surface area contributed by atoms with Crippen LogP contribution in [-0.4, -0.2) is 41.7 Å². The van der Waals surface area contributed by atoms with E-state index in [1.165, 1.54) is 17.8 Å². The molecule has 3 amide bonds. The van der Waals surface area contributed by atoms with Gasteiger partial charge in [0.2, 0.25) is 5.91 Å². The normalized spacial score (nSPS) is 11.6. The maximum Gasteiger partial charge on any atom is 0.321 e. The molecular weight excluding hydrogens is 228 g/mol. The molecule has 0 radical (unpaired) electrons. The van der Waals surface area contributed by atoms with Crippen LogP contribution in [0.15, 0.2) is 12.7 Å². The SMILES string of the molecule is C=CCNC(=O)NC(=O)CSCC(C)CO. The number of amides is 3. The van der Waals surface area contributed by atoms with Gasteiger partial charge in [-0.25, -0.2) is 4.79 Å². The average molecular weight is 246 g/mol. The van der Waals surface area contributed by atoms with Crippen molar-refractivity contribution >= 4 is 23.7 Å². The second kappa shape index (κ2) is 9.23. The predicted molar refractivity (Wildman–Crippen MR) is 65.3 cm³/mol. The smallest absolute Gasteiger partial charge is 0.321 e. The molecule has 0 aromatic rings. The molecule has 6 heteroatoms. The van der Waals surface area contributed by atoms with E-state index in [0.717, 1.165) is 0 Å². The van der Waals surface area contributed by atoms with Gasteiger partial charge >= 0.3 is 6.03 Å². The quantitative estimate of drug-likeness (QED) is 0.567. The molecule has 0 heterocycles. The molecule has 0 aliphatic carbocycles. The number of aliphatic hydroxyl groups is 1. The van der Waals surface area contributed by atoms with Gasteiger partial charge in [-0.2, -0.15) is 11.8 Å². The third-order valence-corrected chi connectivity index (χ3v) is 2.88. The van der Waals surface area contributed by atoms with E-state index in [1.54, 1.807) is 0 Å². The first-order valence-electron chi connectivity index (χ1n) is 4.97. The lowest BCUT2D eigenvalue weighted by Gasteiger charge is -2.07. The number of imide groups is 1. The van der Waals surface area contributed by atoms with Crippen molar-refractivity contribution in [2.24, 2.45) is 5.92 Å². The first-order chi connectivity index (χ1) is 7.60. The van der Waals surface area contributed by atoms with Gasteiger partial charge < -0.3 is 10.4 Å². The van der Waals surface area contributed by atoms with Crippen molar-refractivity contribution in [3.63, 3.8) is 0 Å². The van der Waals surface area contributed by atoms with E-state index in [4.69, 9.17) is 5.11 Å². The van der Waals surface area contributed by atoms with E-state index < -0.39 is 6.03 Å². The summed E-state index contributed by atoms with van der Waals surface area (Å²) in [7, 11) is 0. The van der Waals surface area contributed by atoms with Crippen LogP contribution in [0.3, 0.4) is 0 Å². The topological polar surface area (TPSA) is 78.4 Å². The number of hydrogen-bond acceptors (Lipinski definition) is 4. The highest BCUT2D eigenvalue weighted by atomic mass is 32.2. The molecule has 16 heavy (non-hydrogen) atoms. The van der Waals surface area contributed by atoms with Crippen LogP contribution in [-0.2, 0) is 4.79 Å². The molecule has 0 aliphatic heterocycles. The van der Waals surface area contributed by atoms with E-state index in [2.05, 4.69) is 17.2 Å². The average Bonchev–Trinajstić information content (AvgIpc) is 2.25. The van der Waals surface area contributed by atoms with Crippen molar-refractivity contribution in [1.82, 2.24) is 10.6 Å². The number of hydrogen-bond donors (Lipinski definition) is 3. The Morgan fingerprint density at radius 1 is 1.56 bits per heavy atom. The molecule has 92 valence electrons. The molecular formula is C10H18N2O3S. The summed E-state index contributed by atoms with van der Waals surface area (Å²) in [6.07, 6.45) is 1.53. The van der Waals surface area contributed by atoms with E-state index in [0.29, 0.717) is 12.3 Å². The maximum absolute atomic E-state index is 11.2. The van der Waals surface area contributed by atoms with Gasteiger partial charge in [-0.05, 0) is 11.7 Å². The van der Waals surface area contributed by atoms with Crippen molar-refractivity contribution in [1.29, 1.82) is 0 Å². The van der Waals surface area contributed by atoms with Gasteiger partial charge in [0.1, 0.15) is 0 Å². The lowest BCUT2D eigenvalue weighted by Crippen LogP contribution is -2.40. The van der Waals surface area contributed by atoms with Crippen LogP contribution >= 0.6 is 11.8 Å². The van der Waals surface area contributed by atoms with E-state index in [-0.39, 0.29) is 24.2 Å². The Bertz CT molecular complexity index is 246. The summed E-state index contributed by atoms with van der Waals surface area (Å²) < 4.78 is 0. The maximum atomic E-state index is 11.2. The Labute approximate surface area is 99.7 Å². The Morgan fingerprint density at radius 3 is 2.81 bits per heavy atom. The molecule has 1 atom stereocenters. The van der Waals surface area contributed by atoms with Gasteiger partial charge in [0.25, 0.3) is 0 Å². The minimum atomic E-state index is -0.513. The number of carbonyl (C=O) groups is 2. The van der Waals surface area contributed by atoms with Gasteiger partial charge in [0.15, 0.2) is 0 Å². The zero-order valence-corrected chi connectivity index (χ0v) is 10.2. The predicted octanol–water partition coefficient (Wildman–Crippen LogP) is 0.360. The highest BCUT2D eigenvalue weighted by molar-refractivity contribution is 7.99. The van der Waals surface area contributed by atoms with Crippen LogP contribution < -0.4 is 10.6 Å². The van der Waals surface area contributed by atoms with E-state index in [1.807, 2.05) is 6.92 Å². The zero-order chi connectivity index (χ0) is 12.4. The molecule has 0 bridgehead atoms. The van der Waals surface area contributed by atoms with Crippen LogP contribution in [0.5, 0.6) is 0 Å². The van der Waals surface area contributed by atoms with Gasteiger partial charge in [-0.1, -0.05) is 13.0 Å². The fourth-order valence-corrected chi connectivity index (χ4v) is 1.66. The number of nitrogens with one attached hydrogen (secondary N) is 2. The fraction of sp³-hybridized carbons (Fsp3) is 0.600. The molecule has 0 saturated carbocycles. The Balaban J connectivity index is 3.58. The highest BCUT2D eigenvalue weighted by Gasteiger charge is 2.07. The van der Waals surface area contributed by atoms with Crippen molar-refractivity contribution in [3.8, 4) is 0 Å². The largest absolute Gasteiger partial charge is 0.396 e. The van der Waals surface area contributed by atoms with Gasteiger partial charge in [-0.15, -0.1) is 6.58 Å². The fourth-order valence-electron chi connectivity index (χ4n) is 0.777. The molecule has 5 nitrogen and oxygen atoms in total. The lowest BCUT2D eigenvalue weighted by molar-refractivity contribution is -0.117. The van der Waals surface area contributed by atoms with Crippen LogP contribution in [0.4, 0.5) is 4.79 Å². The number of rotatable bonds is 7. The molecule has 0 aliphatic rings. The summed E-state index contributed by atoms with van der Waals surface area (Å²) in [6.45, 7) is 5.76. The van der Waals surface area contributed by atoms with Crippen molar-refractivity contribution in [3.05, 3.63) is 12.7 Å². The van der Waals surface area contributed by atoms with Crippen LogP contribution in [0.25, 0.3) is 0 Å². The van der Waals surface area contributed by atoms with Gasteiger partial charge in [0.05, 0.1) is 5.75 Å². The zero-order valence-electron chi connectivity index (χ0n) is 9.36. The number of urea groups is 1. The molecule has 0 aromatic heterocycles. The molecule has 0 fully saturated rings. The number of carbonyl (C=O) groups excluding carboxylic acids is 2. The van der Waals surface area contributed by atoms with Crippen LogP contribution in [0.1, 0.15) is 6.92 Å². The van der Waals surface area contributed by atoms with E-state index >= 15 is 0 Å². The third-order valence-electron chi connectivity index (χ3n) is 1.61. The molecule has 0 spiro atoms. The minimum Gasteiger partial charge on any atom is -0.396 e. The van der Waals surface area contributed by atoms with Crippen molar-refractivity contribution < 1.29 is 14.7 Å². The summed E-state index contributed by atoms with van der Waals surface area (Å²) in [6, 6.07) is -0.513. The molecule has 1 unspecified atom stereocenters. The summed E-state index contributed by atoms with van der Waals surface area (Å²) >= 11 is 1.39. The van der Waals surface area contributed by atoms with Crippen LogP contribution in [0, 0.1) is 5.92 Å². The minimum absolute atomic E-state index is 0.106. The lowest BCUT2D eigenvalue weighted by atomic mass is 10.2. The van der Waals surface area contributed by atoms with Gasteiger partial charge in [0, 0.05) is 13.2 Å². The Hall–Kier alpha value is -1.01. The summed E-state index contributed by atoms with van der Waals surface area (Å²) in [4.78, 5) is 22.2. The summed E-state index contributed by atoms with van der Waals surface area (Å²) in [5.74, 6) is 0.730. The number of thioether (sulfide) groups is 1. The second-order valence-corrected chi connectivity index (χ2v) is 4.38. The van der Waals surface area contributed by atoms with Crippen molar-refractivity contribution in [2.75, 3.05) is 24.7 Å². The monoisotopic (exact) mass is 246 g/mol. The van der Waals surface area contributed by atoms with Crippen LogP contribution in [0.2, 0.25) is 0 Å².